The first-order chi connectivity index (χ1) is 16.7. The van der Waals surface area contributed by atoms with Crippen molar-refractivity contribution >= 4 is 27.5 Å². The predicted octanol–water partition coefficient (Wildman–Crippen LogP) is 3.50. The number of halogens is 1. The van der Waals surface area contributed by atoms with Crippen molar-refractivity contribution in [3.8, 4) is 0 Å². The molecule has 1 aliphatic rings. The summed E-state index contributed by atoms with van der Waals surface area (Å²) in [5, 5.41) is 3.08. The first-order valence-electron chi connectivity index (χ1n) is 12.1. The third kappa shape index (κ3) is 7.52. The van der Waals surface area contributed by atoms with Crippen LogP contribution in [0.15, 0.2) is 54.6 Å². The Kier molecular flexibility index (Phi) is 9.26. The lowest BCUT2D eigenvalue weighted by molar-refractivity contribution is -0.139. The molecule has 0 saturated heterocycles. The van der Waals surface area contributed by atoms with E-state index in [2.05, 4.69) is 5.32 Å². The molecule has 2 aromatic carbocycles. The predicted molar refractivity (Wildman–Crippen MR) is 135 cm³/mol. The van der Waals surface area contributed by atoms with Gasteiger partial charge in [-0.15, -0.1) is 0 Å². The van der Waals surface area contributed by atoms with Crippen LogP contribution in [-0.4, -0.2) is 56.6 Å². The van der Waals surface area contributed by atoms with Gasteiger partial charge in [-0.1, -0.05) is 50.1 Å². The van der Waals surface area contributed by atoms with Crippen LogP contribution in [-0.2, 0) is 26.0 Å². The van der Waals surface area contributed by atoms with Crippen LogP contribution in [0.4, 0.5) is 10.1 Å². The second kappa shape index (κ2) is 12.2. The van der Waals surface area contributed by atoms with Crippen LogP contribution >= 0.6 is 0 Å². The van der Waals surface area contributed by atoms with Gasteiger partial charge in [0.2, 0.25) is 21.8 Å². The van der Waals surface area contributed by atoms with Crippen molar-refractivity contribution in [3.05, 3.63) is 66.0 Å². The maximum absolute atomic E-state index is 13.6. The quantitative estimate of drug-likeness (QED) is 0.509. The molecular weight excluding hydrogens is 469 g/mol. The largest absolute Gasteiger partial charge is 0.352 e. The summed E-state index contributed by atoms with van der Waals surface area (Å²) in [6.45, 7) is 1.63. The average Bonchev–Trinajstić information content (AvgIpc) is 3.33. The molecule has 1 fully saturated rings. The number of hydrogen-bond acceptors (Lipinski definition) is 4. The lowest BCUT2D eigenvalue weighted by atomic mass is 10.1. The van der Waals surface area contributed by atoms with Crippen molar-refractivity contribution in [1.29, 1.82) is 0 Å². The van der Waals surface area contributed by atoms with Crippen LogP contribution in [0.3, 0.4) is 0 Å². The molecule has 35 heavy (non-hydrogen) atoms. The number of benzene rings is 2. The monoisotopic (exact) mass is 503 g/mol. The van der Waals surface area contributed by atoms with E-state index in [4.69, 9.17) is 0 Å². The van der Waals surface area contributed by atoms with Crippen molar-refractivity contribution in [2.75, 3.05) is 23.7 Å². The summed E-state index contributed by atoms with van der Waals surface area (Å²) >= 11 is 0. The maximum Gasteiger partial charge on any atom is 0.244 e. The van der Waals surface area contributed by atoms with E-state index < -0.39 is 34.3 Å². The van der Waals surface area contributed by atoms with Crippen LogP contribution in [0.5, 0.6) is 0 Å². The summed E-state index contributed by atoms with van der Waals surface area (Å²) in [6, 6.07) is 13.9. The third-order valence-corrected chi connectivity index (χ3v) is 7.51. The van der Waals surface area contributed by atoms with Crippen LogP contribution in [0.2, 0.25) is 0 Å². The molecule has 1 saturated carbocycles. The average molecular weight is 504 g/mol. The first kappa shape index (κ1) is 26.7. The molecule has 1 N–H and O–H groups in total. The number of amides is 2. The second-order valence-electron chi connectivity index (χ2n) is 8.98. The van der Waals surface area contributed by atoms with Gasteiger partial charge >= 0.3 is 0 Å². The van der Waals surface area contributed by atoms with Crippen molar-refractivity contribution in [2.24, 2.45) is 0 Å². The Morgan fingerprint density at radius 1 is 1.06 bits per heavy atom. The maximum atomic E-state index is 13.6. The summed E-state index contributed by atoms with van der Waals surface area (Å²) < 4.78 is 39.4. The molecule has 0 aromatic heterocycles. The molecule has 3 rings (SSSR count). The van der Waals surface area contributed by atoms with Crippen LogP contribution in [0, 0.1) is 5.82 Å². The van der Waals surface area contributed by atoms with Gasteiger partial charge in [0.1, 0.15) is 18.4 Å². The van der Waals surface area contributed by atoms with Crippen molar-refractivity contribution in [1.82, 2.24) is 10.2 Å². The standard InChI is InChI=1S/C26H34FN3O4S/c1-3-24(26(32)28-22-11-7-8-12-22)29(18-17-20-9-5-4-6-10-20)25(31)19-30(35(2,33)34)23-15-13-21(27)14-16-23/h4-6,9-10,13-16,22,24H,3,7-8,11-12,17-19H2,1-2H3,(H,28,32). The van der Waals surface area contributed by atoms with Gasteiger partial charge in [-0.2, -0.15) is 0 Å². The zero-order chi connectivity index (χ0) is 25.4. The van der Waals surface area contributed by atoms with Crippen molar-refractivity contribution < 1.29 is 22.4 Å². The lowest BCUT2D eigenvalue weighted by Crippen LogP contribution is -2.54. The molecule has 190 valence electrons. The van der Waals surface area contributed by atoms with E-state index in [0.717, 1.165) is 53.9 Å². The van der Waals surface area contributed by atoms with E-state index in [1.807, 2.05) is 37.3 Å². The minimum Gasteiger partial charge on any atom is -0.352 e. The molecule has 1 aliphatic carbocycles. The van der Waals surface area contributed by atoms with Gasteiger partial charge in [0, 0.05) is 12.6 Å². The van der Waals surface area contributed by atoms with E-state index >= 15 is 0 Å². The molecular formula is C26H34FN3O4S. The zero-order valence-corrected chi connectivity index (χ0v) is 21.1. The Hall–Kier alpha value is -2.94. The van der Waals surface area contributed by atoms with Crippen LogP contribution in [0.1, 0.15) is 44.6 Å². The molecule has 1 unspecified atom stereocenters. The Morgan fingerprint density at radius 2 is 1.69 bits per heavy atom. The van der Waals surface area contributed by atoms with Gasteiger partial charge < -0.3 is 10.2 Å². The number of carbonyl (C=O) groups is 2. The minimum atomic E-state index is -3.83. The molecule has 9 heteroatoms. The number of nitrogens with one attached hydrogen (secondary N) is 1. The van der Waals surface area contributed by atoms with Gasteiger partial charge in [0.05, 0.1) is 11.9 Å². The highest BCUT2D eigenvalue weighted by molar-refractivity contribution is 7.92. The second-order valence-corrected chi connectivity index (χ2v) is 10.9. The number of rotatable bonds is 11. The fourth-order valence-electron chi connectivity index (χ4n) is 4.48. The molecule has 2 aromatic rings. The summed E-state index contributed by atoms with van der Waals surface area (Å²) in [5.41, 5.74) is 1.20. The Labute approximate surface area is 207 Å². The molecule has 2 amide bonds. The summed E-state index contributed by atoms with van der Waals surface area (Å²) in [7, 11) is -3.83. The smallest absolute Gasteiger partial charge is 0.244 e. The zero-order valence-electron chi connectivity index (χ0n) is 20.3. The summed E-state index contributed by atoms with van der Waals surface area (Å²) in [5.74, 6) is -1.20. The number of carbonyl (C=O) groups excluding carboxylic acids is 2. The first-order valence-corrected chi connectivity index (χ1v) is 13.9. The highest BCUT2D eigenvalue weighted by Crippen LogP contribution is 2.21. The van der Waals surface area contributed by atoms with Crippen LogP contribution in [0.25, 0.3) is 0 Å². The van der Waals surface area contributed by atoms with Gasteiger partial charge in [0.15, 0.2) is 0 Å². The number of sulfonamides is 1. The summed E-state index contributed by atoms with van der Waals surface area (Å²) in [6.07, 6.45) is 5.91. The van der Waals surface area contributed by atoms with Gasteiger partial charge in [0.25, 0.3) is 0 Å². The number of anilines is 1. The Balaban J connectivity index is 1.85. The highest BCUT2D eigenvalue weighted by atomic mass is 32.2. The molecule has 1 atom stereocenters. The van der Waals surface area contributed by atoms with Gasteiger partial charge in [-0.3, -0.25) is 13.9 Å². The Bertz CT molecular complexity index is 1090. The lowest BCUT2D eigenvalue weighted by Gasteiger charge is -2.33. The topological polar surface area (TPSA) is 86.8 Å². The molecule has 0 aliphatic heterocycles. The fraction of sp³-hybridized carbons (Fsp3) is 0.462. The minimum absolute atomic E-state index is 0.106. The SMILES string of the molecule is CCC(C(=O)NC1CCCC1)N(CCc1ccccc1)C(=O)CN(c1ccc(F)cc1)S(C)(=O)=O. The molecule has 0 radical (unpaired) electrons. The number of nitrogens with zero attached hydrogens (tertiary/aromatic N) is 2. The highest BCUT2D eigenvalue weighted by Gasteiger charge is 2.32. The molecule has 7 nitrogen and oxygen atoms in total. The van der Waals surface area contributed by atoms with E-state index in [1.165, 1.54) is 17.0 Å². The van der Waals surface area contributed by atoms with Crippen molar-refractivity contribution in [2.45, 2.75) is 57.5 Å². The number of hydrogen-bond donors (Lipinski definition) is 1. The molecule has 0 bridgehead atoms. The van der Waals surface area contributed by atoms with E-state index in [1.54, 1.807) is 0 Å². The summed E-state index contributed by atoms with van der Waals surface area (Å²) in [4.78, 5) is 28.3. The van der Waals surface area contributed by atoms with E-state index in [-0.39, 0.29) is 24.2 Å². The third-order valence-electron chi connectivity index (χ3n) is 6.37. The molecule has 0 heterocycles. The van der Waals surface area contributed by atoms with Crippen molar-refractivity contribution in [3.63, 3.8) is 0 Å². The van der Waals surface area contributed by atoms with Gasteiger partial charge in [-0.05, 0) is 55.5 Å². The van der Waals surface area contributed by atoms with Gasteiger partial charge in [-0.25, -0.2) is 12.8 Å². The van der Waals surface area contributed by atoms with E-state index in [0.29, 0.717) is 12.8 Å². The van der Waals surface area contributed by atoms with Crippen LogP contribution < -0.4 is 9.62 Å². The molecule has 0 spiro atoms. The van der Waals surface area contributed by atoms with E-state index in [9.17, 15) is 22.4 Å². The normalized spacial score (nSPS) is 14.9. The fourth-order valence-corrected chi connectivity index (χ4v) is 5.33. The Morgan fingerprint density at radius 3 is 2.26 bits per heavy atom.